The molecule has 0 aromatic heterocycles. The summed E-state index contributed by atoms with van der Waals surface area (Å²) in [5, 5.41) is 14.5. The van der Waals surface area contributed by atoms with Crippen LogP contribution < -0.4 is 10.6 Å². The maximum absolute atomic E-state index is 12.1. The minimum absolute atomic E-state index is 0.235. The van der Waals surface area contributed by atoms with E-state index in [1.807, 2.05) is 55.5 Å². The topological polar surface area (TPSA) is 78.4 Å². The molecule has 2 aromatic carbocycles. The summed E-state index contributed by atoms with van der Waals surface area (Å²) in [6, 6.07) is 15.2. The molecule has 2 aromatic rings. The molecule has 0 fully saturated rings. The highest BCUT2D eigenvalue weighted by molar-refractivity contribution is 5.93. The molecule has 0 aliphatic rings. The van der Waals surface area contributed by atoms with Crippen molar-refractivity contribution in [3.8, 4) is 0 Å². The van der Waals surface area contributed by atoms with E-state index in [9.17, 15) is 14.7 Å². The van der Waals surface area contributed by atoms with E-state index in [4.69, 9.17) is 0 Å². The molecule has 0 aliphatic carbocycles. The fraction of sp³-hybridized carbons (Fsp3) is 0.222. The second-order valence-electron chi connectivity index (χ2n) is 5.19. The Morgan fingerprint density at radius 3 is 2.35 bits per heavy atom. The molecule has 0 radical (unpaired) electrons. The second kappa shape index (κ2) is 7.98. The maximum Gasteiger partial charge on any atom is 0.326 e. The van der Waals surface area contributed by atoms with Crippen LogP contribution in [-0.2, 0) is 17.6 Å². The van der Waals surface area contributed by atoms with Crippen LogP contribution >= 0.6 is 0 Å². The predicted molar refractivity (Wildman–Crippen MR) is 89.5 cm³/mol. The largest absolute Gasteiger partial charge is 0.480 e. The summed E-state index contributed by atoms with van der Waals surface area (Å²) >= 11 is 0. The average molecular weight is 312 g/mol. The van der Waals surface area contributed by atoms with Gasteiger partial charge in [0, 0.05) is 12.1 Å². The fourth-order valence-electron chi connectivity index (χ4n) is 2.32. The number of amides is 2. The third-order valence-electron chi connectivity index (χ3n) is 3.53. The molecule has 5 heteroatoms. The SMILES string of the molecule is CCc1ccccc1NC(=O)NC(Cc1ccccc1)C(=O)O. The maximum atomic E-state index is 12.1. The van der Waals surface area contributed by atoms with Crippen LogP contribution in [0, 0.1) is 0 Å². The van der Waals surface area contributed by atoms with E-state index in [1.165, 1.54) is 0 Å². The number of aryl methyl sites for hydroxylation is 1. The molecule has 120 valence electrons. The van der Waals surface area contributed by atoms with Gasteiger partial charge >= 0.3 is 12.0 Å². The van der Waals surface area contributed by atoms with Crippen molar-refractivity contribution >= 4 is 17.7 Å². The van der Waals surface area contributed by atoms with Gasteiger partial charge in [-0.05, 0) is 23.6 Å². The van der Waals surface area contributed by atoms with Gasteiger partial charge in [-0.15, -0.1) is 0 Å². The van der Waals surface area contributed by atoms with Crippen molar-refractivity contribution in [1.82, 2.24) is 5.32 Å². The molecule has 1 unspecified atom stereocenters. The quantitative estimate of drug-likeness (QED) is 0.767. The second-order valence-corrected chi connectivity index (χ2v) is 5.19. The molecule has 2 amide bonds. The third-order valence-corrected chi connectivity index (χ3v) is 3.53. The van der Waals surface area contributed by atoms with Crippen LogP contribution in [0.4, 0.5) is 10.5 Å². The van der Waals surface area contributed by atoms with E-state index in [1.54, 1.807) is 6.07 Å². The minimum Gasteiger partial charge on any atom is -0.480 e. The van der Waals surface area contributed by atoms with Crippen LogP contribution in [0.15, 0.2) is 54.6 Å². The lowest BCUT2D eigenvalue weighted by molar-refractivity contribution is -0.139. The molecule has 0 heterocycles. The summed E-state index contributed by atoms with van der Waals surface area (Å²) in [5.41, 5.74) is 2.54. The zero-order valence-electron chi connectivity index (χ0n) is 13.0. The molecular formula is C18H20N2O3. The summed E-state index contributed by atoms with van der Waals surface area (Å²) in [6.07, 6.45) is 1.02. The number of benzene rings is 2. The molecule has 3 N–H and O–H groups in total. The Balaban J connectivity index is 2.02. The number of anilines is 1. The van der Waals surface area contributed by atoms with Crippen LogP contribution in [0.1, 0.15) is 18.1 Å². The number of urea groups is 1. The number of carboxylic acids is 1. The average Bonchev–Trinajstić information content (AvgIpc) is 2.55. The normalized spacial score (nSPS) is 11.5. The van der Waals surface area contributed by atoms with Crippen molar-refractivity contribution in [3.05, 3.63) is 65.7 Å². The Bertz CT molecular complexity index is 671. The van der Waals surface area contributed by atoms with E-state index in [0.29, 0.717) is 5.69 Å². The van der Waals surface area contributed by atoms with Gasteiger partial charge in [0.1, 0.15) is 6.04 Å². The molecule has 0 saturated heterocycles. The van der Waals surface area contributed by atoms with Crippen LogP contribution in [0.25, 0.3) is 0 Å². The highest BCUT2D eigenvalue weighted by Crippen LogP contribution is 2.15. The molecule has 5 nitrogen and oxygen atoms in total. The first-order valence-electron chi connectivity index (χ1n) is 7.52. The summed E-state index contributed by atoms with van der Waals surface area (Å²) in [7, 11) is 0. The molecular weight excluding hydrogens is 292 g/mol. The Morgan fingerprint density at radius 1 is 1.04 bits per heavy atom. The number of hydrogen-bond acceptors (Lipinski definition) is 2. The van der Waals surface area contributed by atoms with Crippen LogP contribution in [0.2, 0.25) is 0 Å². The zero-order chi connectivity index (χ0) is 16.7. The van der Waals surface area contributed by atoms with E-state index >= 15 is 0 Å². The van der Waals surface area contributed by atoms with Gasteiger partial charge in [0.2, 0.25) is 0 Å². The standard InChI is InChI=1S/C18H20N2O3/c1-2-14-10-6-7-11-15(14)19-18(23)20-16(17(21)22)12-13-8-4-3-5-9-13/h3-11,16H,2,12H2,1H3,(H,21,22)(H2,19,20,23). The molecule has 0 aliphatic heterocycles. The van der Waals surface area contributed by atoms with Crippen molar-refractivity contribution in [3.63, 3.8) is 0 Å². The van der Waals surface area contributed by atoms with Crippen LogP contribution in [-0.4, -0.2) is 23.1 Å². The van der Waals surface area contributed by atoms with Crippen molar-refractivity contribution in [2.24, 2.45) is 0 Å². The van der Waals surface area contributed by atoms with Crippen molar-refractivity contribution < 1.29 is 14.7 Å². The molecule has 0 spiro atoms. The van der Waals surface area contributed by atoms with Gasteiger partial charge in [-0.25, -0.2) is 9.59 Å². The summed E-state index contributed by atoms with van der Waals surface area (Å²) in [5.74, 6) is -1.06. The van der Waals surface area contributed by atoms with E-state index in [2.05, 4.69) is 10.6 Å². The van der Waals surface area contributed by atoms with Gasteiger partial charge in [-0.3, -0.25) is 0 Å². The van der Waals surface area contributed by atoms with Crippen molar-refractivity contribution in [2.45, 2.75) is 25.8 Å². The zero-order valence-corrected chi connectivity index (χ0v) is 13.0. The number of carbonyl (C=O) groups excluding carboxylic acids is 1. The fourth-order valence-corrected chi connectivity index (χ4v) is 2.32. The number of rotatable bonds is 6. The summed E-state index contributed by atoms with van der Waals surface area (Å²) in [6.45, 7) is 1.99. The van der Waals surface area contributed by atoms with Gasteiger partial charge in [0.15, 0.2) is 0 Å². The minimum atomic E-state index is -1.06. The van der Waals surface area contributed by atoms with Crippen molar-refractivity contribution in [1.29, 1.82) is 0 Å². The van der Waals surface area contributed by atoms with Gasteiger partial charge in [-0.1, -0.05) is 55.5 Å². The van der Waals surface area contributed by atoms with Crippen LogP contribution in [0.3, 0.4) is 0 Å². The Kier molecular flexibility index (Phi) is 5.74. The molecule has 2 rings (SSSR count). The first-order valence-corrected chi connectivity index (χ1v) is 7.52. The van der Waals surface area contributed by atoms with Crippen LogP contribution in [0.5, 0.6) is 0 Å². The summed E-state index contributed by atoms with van der Waals surface area (Å²) in [4.78, 5) is 23.5. The number of carboxylic acid groups (broad SMARTS) is 1. The molecule has 23 heavy (non-hydrogen) atoms. The lowest BCUT2D eigenvalue weighted by Crippen LogP contribution is -2.44. The Labute approximate surface area is 135 Å². The molecule has 0 bridgehead atoms. The third kappa shape index (κ3) is 4.85. The predicted octanol–water partition coefficient (Wildman–Crippen LogP) is 3.07. The number of aliphatic carboxylic acids is 1. The Morgan fingerprint density at radius 2 is 1.70 bits per heavy atom. The number of carbonyl (C=O) groups is 2. The summed E-state index contributed by atoms with van der Waals surface area (Å²) < 4.78 is 0. The smallest absolute Gasteiger partial charge is 0.326 e. The molecule has 0 saturated carbocycles. The lowest BCUT2D eigenvalue weighted by atomic mass is 10.1. The van der Waals surface area contributed by atoms with Crippen molar-refractivity contribution in [2.75, 3.05) is 5.32 Å². The number of para-hydroxylation sites is 1. The van der Waals surface area contributed by atoms with Gasteiger partial charge in [0.25, 0.3) is 0 Å². The van der Waals surface area contributed by atoms with Gasteiger partial charge in [-0.2, -0.15) is 0 Å². The first-order chi connectivity index (χ1) is 11.1. The highest BCUT2D eigenvalue weighted by Gasteiger charge is 2.20. The van der Waals surface area contributed by atoms with Gasteiger partial charge < -0.3 is 15.7 Å². The van der Waals surface area contributed by atoms with E-state index < -0.39 is 18.0 Å². The lowest BCUT2D eigenvalue weighted by Gasteiger charge is -2.16. The highest BCUT2D eigenvalue weighted by atomic mass is 16.4. The van der Waals surface area contributed by atoms with Gasteiger partial charge in [0.05, 0.1) is 0 Å². The Hall–Kier alpha value is -2.82. The molecule has 1 atom stereocenters. The number of nitrogens with one attached hydrogen (secondary N) is 2. The first kappa shape index (κ1) is 16.5. The van der Waals surface area contributed by atoms with E-state index in [-0.39, 0.29) is 6.42 Å². The monoisotopic (exact) mass is 312 g/mol. The number of hydrogen-bond donors (Lipinski definition) is 3. The van der Waals surface area contributed by atoms with E-state index in [0.717, 1.165) is 17.5 Å².